The normalized spacial score (nSPS) is 11.6. The molecule has 1 unspecified atom stereocenters. The summed E-state index contributed by atoms with van der Waals surface area (Å²) in [5, 5.41) is 9.30. The zero-order valence-electron chi connectivity index (χ0n) is 17.6. The number of carbonyl (C=O) groups excluding carboxylic acids is 1. The molecule has 0 saturated carbocycles. The van der Waals surface area contributed by atoms with Crippen LogP contribution in [0.1, 0.15) is 23.0 Å². The maximum Gasteiger partial charge on any atom is 0.273 e. The first-order valence-corrected chi connectivity index (χ1v) is 9.47. The largest absolute Gasteiger partial charge is 0.488 e. The van der Waals surface area contributed by atoms with Crippen molar-refractivity contribution in [1.29, 1.82) is 0 Å². The van der Waals surface area contributed by atoms with E-state index in [9.17, 15) is 14.7 Å². The van der Waals surface area contributed by atoms with Crippen LogP contribution in [0.25, 0.3) is 11.4 Å². The number of carbonyl (C=O) groups is 1. The van der Waals surface area contributed by atoms with Crippen molar-refractivity contribution in [2.24, 2.45) is 0 Å². The van der Waals surface area contributed by atoms with Crippen LogP contribution in [0.5, 0.6) is 17.4 Å². The molecule has 2 heterocycles. The number of nitrogens with zero attached hydrogens (tertiary/aromatic N) is 4. The molecular formula is C21H23N5O5. The molecule has 2 N–H and O–H groups in total. The molecule has 1 atom stereocenters. The summed E-state index contributed by atoms with van der Waals surface area (Å²) in [7, 11) is 3.25. The Morgan fingerprint density at radius 2 is 1.87 bits per heavy atom. The van der Waals surface area contributed by atoms with E-state index in [2.05, 4.69) is 19.9 Å². The smallest absolute Gasteiger partial charge is 0.273 e. The summed E-state index contributed by atoms with van der Waals surface area (Å²) < 4.78 is 11.5. The van der Waals surface area contributed by atoms with E-state index in [-0.39, 0.29) is 29.6 Å². The van der Waals surface area contributed by atoms with E-state index < -0.39 is 6.10 Å². The molecule has 0 spiro atoms. The van der Waals surface area contributed by atoms with Gasteiger partial charge in [-0.05, 0) is 26.0 Å². The van der Waals surface area contributed by atoms with Crippen molar-refractivity contribution in [3.05, 3.63) is 58.4 Å². The van der Waals surface area contributed by atoms with Crippen LogP contribution in [0, 0.1) is 6.92 Å². The average molecular weight is 425 g/mol. The summed E-state index contributed by atoms with van der Waals surface area (Å²) in [6.45, 7) is 3.20. The van der Waals surface area contributed by atoms with Gasteiger partial charge in [0.1, 0.15) is 29.1 Å². The molecule has 0 fully saturated rings. The van der Waals surface area contributed by atoms with Gasteiger partial charge in [0.25, 0.3) is 11.5 Å². The van der Waals surface area contributed by atoms with Crippen LogP contribution in [-0.2, 0) is 0 Å². The Labute approximate surface area is 178 Å². The van der Waals surface area contributed by atoms with E-state index in [0.29, 0.717) is 28.5 Å². The number of rotatable bonds is 7. The molecule has 10 nitrogen and oxygen atoms in total. The molecule has 162 valence electrons. The molecule has 2 aromatic heterocycles. The lowest BCUT2D eigenvalue weighted by Crippen LogP contribution is -2.22. The molecule has 1 amide bonds. The highest BCUT2D eigenvalue weighted by atomic mass is 16.5. The standard InChI is InChI=1S/C21H23N5O5/c1-12-8-24-19(25-20(12)28)14-5-15(30-13(2)11-27)7-16(6-14)31-18-10-22-17(9-23-18)21(29)26(3)4/h5-10,13,27H,11H2,1-4H3,(H,24,25,28). The number of amides is 1. The molecule has 1 aromatic carbocycles. The number of aromatic nitrogens is 4. The number of H-pyrrole nitrogens is 1. The Kier molecular flexibility index (Phi) is 6.61. The van der Waals surface area contributed by atoms with Crippen molar-refractivity contribution in [2.45, 2.75) is 20.0 Å². The number of nitrogens with one attached hydrogen (secondary N) is 1. The molecule has 0 aliphatic heterocycles. The second kappa shape index (κ2) is 9.35. The average Bonchev–Trinajstić information content (AvgIpc) is 2.75. The van der Waals surface area contributed by atoms with Crippen molar-refractivity contribution >= 4 is 5.91 Å². The second-order valence-corrected chi connectivity index (χ2v) is 7.09. The van der Waals surface area contributed by atoms with Crippen LogP contribution in [0.4, 0.5) is 0 Å². The highest BCUT2D eigenvalue weighted by Gasteiger charge is 2.13. The summed E-state index contributed by atoms with van der Waals surface area (Å²) in [4.78, 5) is 40.5. The topological polar surface area (TPSA) is 131 Å². The fraction of sp³-hybridized carbons (Fsp3) is 0.286. The lowest BCUT2D eigenvalue weighted by molar-refractivity contribution is 0.0821. The Hall–Kier alpha value is -3.79. The summed E-state index contributed by atoms with van der Waals surface area (Å²) in [6, 6.07) is 4.95. The van der Waals surface area contributed by atoms with E-state index in [1.165, 1.54) is 23.5 Å². The second-order valence-electron chi connectivity index (χ2n) is 7.09. The molecule has 0 aliphatic rings. The van der Waals surface area contributed by atoms with E-state index in [4.69, 9.17) is 9.47 Å². The molecule has 31 heavy (non-hydrogen) atoms. The first kappa shape index (κ1) is 21.9. The van der Waals surface area contributed by atoms with Gasteiger partial charge in [-0.15, -0.1) is 0 Å². The maximum atomic E-state index is 12.0. The van der Waals surface area contributed by atoms with Gasteiger partial charge in [-0.25, -0.2) is 15.0 Å². The van der Waals surface area contributed by atoms with Crippen LogP contribution in [-0.4, -0.2) is 62.7 Å². The quantitative estimate of drug-likeness (QED) is 0.586. The predicted octanol–water partition coefficient (Wildman–Crippen LogP) is 1.79. The Morgan fingerprint density at radius 1 is 1.13 bits per heavy atom. The molecule has 0 radical (unpaired) electrons. The number of aliphatic hydroxyl groups is 1. The Morgan fingerprint density at radius 3 is 2.48 bits per heavy atom. The van der Waals surface area contributed by atoms with Crippen LogP contribution < -0.4 is 15.0 Å². The maximum absolute atomic E-state index is 12.0. The summed E-state index contributed by atoms with van der Waals surface area (Å²) in [5.41, 5.74) is 0.967. The monoisotopic (exact) mass is 425 g/mol. The minimum atomic E-state index is -0.454. The van der Waals surface area contributed by atoms with Crippen molar-refractivity contribution in [3.8, 4) is 28.8 Å². The van der Waals surface area contributed by atoms with Gasteiger partial charge in [-0.1, -0.05) is 0 Å². The number of aliphatic hydroxyl groups excluding tert-OH is 1. The van der Waals surface area contributed by atoms with Gasteiger partial charge in [-0.2, -0.15) is 0 Å². The lowest BCUT2D eigenvalue weighted by atomic mass is 10.2. The molecule has 3 rings (SSSR count). The van der Waals surface area contributed by atoms with Gasteiger partial charge in [-0.3, -0.25) is 9.59 Å². The summed E-state index contributed by atoms with van der Waals surface area (Å²) >= 11 is 0. The van der Waals surface area contributed by atoms with Gasteiger partial charge < -0.3 is 24.5 Å². The molecule has 0 bridgehead atoms. The van der Waals surface area contributed by atoms with Crippen molar-refractivity contribution in [3.63, 3.8) is 0 Å². The van der Waals surface area contributed by atoms with Crippen molar-refractivity contribution < 1.29 is 19.4 Å². The summed E-state index contributed by atoms with van der Waals surface area (Å²) in [5.74, 6) is 0.982. The third-order valence-electron chi connectivity index (χ3n) is 4.20. The number of benzene rings is 1. The first-order chi connectivity index (χ1) is 14.8. The van der Waals surface area contributed by atoms with E-state index >= 15 is 0 Å². The predicted molar refractivity (Wildman–Crippen MR) is 112 cm³/mol. The number of ether oxygens (including phenoxy) is 2. The van der Waals surface area contributed by atoms with E-state index in [1.807, 2.05) is 0 Å². The zero-order valence-corrected chi connectivity index (χ0v) is 17.6. The lowest BCUT2D eigenvalue weighted by Gasteiger charge is -2.15. The minimum absolute atomic E-state index is 0.166. The van der Waals surface area contributed by atoms with Crippen LogP contribution >= 0.6 is 0 Å². The SMILES string of the molecule is Cc1cnc(-c2cc(Oc3cnc(C(=O)N(C)C)cn3)cc(OC(C)CO)c2)[nH]c1=O. The third kappa shape index (κ3) is 5.43. The number of hydrogen-bond donors (Lipinski definition) is 2. The zero-order chi connectivity index (χ0) is 22.5. The Balaban J connectivity index is 1.94. The molecule has 0 saturated heterocycles. The van der Waals surface area contributed by atoms with E-state index in [0.717, 1.165) is 0 Å². The highest BCUT2D eigenvalue weighted by Crippen LogP contribution is 2.30. The van der Waals surface area contributed by atoms with Gasteiger partial charge >= 0.3 is 0 Å². The van der Waals surface area contributed by atoms with Crippen LogP contribution in [0.15, 0.2) is 41.6 Å². The minimum Gasteiger partial charge on any atom is -0.488 e. The third-order valence-corrected chi connectivity index (χ3v) is 4.20. The molecule has 3 aromatic rings. The van der Waals surface area contributed by atoms with Crippen LogP contribution in [0.3, 0.4) is 0 Å². The number of aromatic amines is 1. The fourth-order valence-electron chi connectivity index (χ4n) is 2.54. The van der Waals surface area contributed by atoms with E-state index in [1.54, 1.807) is 46.1 Å². The van der Waals surface area contributed by atoms with Gasteiger partial charge in [0.15, 0.2) is 0 Å². The fourth-order valence-corrected chi connectivity index (χ4v) is 2.54. The van der Waals surface area contributed by atoms with Crippen LogP contribution in [0.2, 0.25) is 0 Å². The summed E-state index contributed by atoms with van der Waals surface area (Å²) in [6.07, 6.45) is 3.69. The highest BCUT2D eigenvalue weighted by molar-refractivity contribution is 5.91. The first-order valence-electron chi connectivity index (χ1n) is 9.47. The Bertz CT molecular complexity index is 1130. The van der Waals surface area contributed by atoms with Crippen molar-refractivity contribution in [1.82, 2.24) is 24.8 Å². The number of aryl methyl sites for hydroxylation is 1. The molecule has 10 heteroatoms. The number of hydrogen-bond acceptors (Lipinski definition) is 8. The van der Waals surface area contributed by atoms with Gasteiger partial charge in [0, 0.05) is 37.5 Å². The molecular weight excluding hydrogens is 402 g/mol. The molecule has 0 aliphatic carbocycles. The van der Waals surface area contributed by atoms with Gasteiger partial charge in [0.2, 0.25) is 5.88 Å². The van der Waals surface area contributed by atoms with Crippen molar-refractivity contribution in [2.75, 3.05) is 20.7 Å². The van der Waals surface area contributed by atoms with Gasteiger partial charge in [0.05, 0.1) is 19.0 Å².